The summed E-state index contributed by atoms with van der Waals surface area (Å²) in [5, 5.41) is 9.99. The van der Waals surface area contributed by atoms with Crippen LogP contribution in [0.4, 0.5) is 9.18 Å². The van der Waals surface area contributed by atoms with Gasteiger partial charge in [0.05, 0.1) is 0 Å². The van der Waals surface area contributed by atoms with Crippen LogP contribution in [-0.2, 0) is 10.5 Å². The van der Waals surface area contributed by atoms with Gasteiger partial charge in [0.2, 0.25) is 5.91 Å². The van der Waals surface area contributed by atoms with Crippen molar-refractivity contribution in [3.63, 3.8) is 0 Å². The van der Waals surface area contributed by atoms with E-state index in [4.69, 9.17) is 0 Å². The molecule has 28 heavy (non-hydrogen) atoms. The summed E-state index contributed by atoms with van der Waals surface area (Å²) in [7, 11) is 0. The Morgan fingerprint density at radius 1 is 1.11 bits per heavy atom. The monoisotopic (exact) mass is 389 g/mol. The molecule has 0 spiro atoms. The van der Waals surface area contributed by atoms with E-state index < -0.39 is 11.8 Å². The topological polar surface area (TPSA) is 64.1 Å². The standard InChI is InChI=1S/C21H28FN3O3/c1-15-14-17(22)6-7-18(15)21(8-2-3-9-25(21)20(27)28)24-12-10-23(11-13-24)19(26)16-4-5-16/h6-7,14,16H,2-5,8-13H2,1H3,(H,27,28)/t21-/m1/s1. The molecule has 6 nitrogen and oxygen atoms in total. The molecule has 0 unspecified atom stereocenters. The molecule has 3 aliphatic rings. The summed E-state index contributed by atoms with van der Waals surface area (Å²) in [6.07, 6.45) is 3.47. The lowest BCUT2D eigenvalue weighted by Gasteiger charge is -2.55. The van der Waals surface area contributed by atoms with E-state index in [-0.39, 0.29) is 17.6 Å². The van der Waals surface area contributed by atoms with Crippen LogP contribution in [0, 0.1) is 18.7 Å². The fraction of sp³-hybridized carbons (Fsp3) is 0.619. The van der Waals surface area contributed by atoms with Gasteiger partial charge in [0.15, 0.2) is 0 Å². The summed E-state index contributed by atoms with van der Waals surface area (Å²) in [6, 6.07) is 4.65. The van der Waals surface area contributed by atoms with Crippen molar-refractivity contribution in [3.8, 4) is 0 Å². The molecule has 0 radical (unpaired) electrons. The number of aryl methyl sites for hydroxylation is 1. The van der Waals surface area contributed by atoms with Gasteiger partial charge in [0, 0.05) is 38.6 Å². The number of carbonyl (C=O) groups is 2. The summed E-state index contributed by atoms with van der Waals surface area (Å²) < 4.78 is 13.8. The van der Waals surface area contributed by atoms with Gasteiger partial charge in [-0.15, -0.1) is 0 Å². The summed E-state index contributed by atoms with van der Waals surface area (Å²) in [5.41, 5.74) is 0.832. The second-order valence-electron chi connectivity index (χ2n) is 8.25. The van der Waals surface area contributed by atoms with E-state index in [1.807, 2.05) is 11.8 Å². The average Bonchev–Trinajstić information content (AvgIpc) is 3.52. The summed E-state index contributed by atoms with van der Waals surface area (Å²) in [4.78, 5) is 30.3. The Labute approximate surface area is 164 Å². The fourth-order valence-electron chi connectivity index (χ4n) is 4.96. The lowest BCUT2D eigenvalue weighted by Crippen LogP contribution is -2.66. The highest BCUT2D eigenvalue weighted by molar-refractivity contribution is 5.81. The highest BCUT2D eigenvalue weighted by Crippen LogP contribution is 2.43. The van der Waals surface area contributed by atoms with Crippen molar-refractivity contribution in [2.45, 2.75) is 44.7 Å². The maximum atomic E-state index is 13.8. The third-order valence-electron chi connectivity index (χ3n) is 6.50. The molecule has 1 atom stereocenters. The SMILES string of the molecule is Cc1cc(F)ccc1[C@@]1(N2CCN(C(=O)C3CC3)CC2)CCCCN1C(=O)O. The number of carbonyl (C=O) groups excluding carboxylic acids is 1. The lowest BCUT2D eigenvalue weighted by atomic mass is 9.83. The number of piperidine rings is 1. The van der Waals surface area contributed by atoms with Crippen LogP contribution >= 0.6 is 0 Å². The van der Waals surface area contributed by atoms with E-state index in [9.17, 15) is 19.1 Å². The van der Waals surface area contributed by atoms with E-state index in [2.05, 4.69) is 4.90 Å². The largest absolute Gasteiger partial charge is 0.465 e. The molecule has 2 heterocycles. The van der Waals surface area contributed by atoms with Crippen LogP contribution in [0.2, 0.25) is 0 Å². The van der Waals surface area contributed by atoms with Crippen LogP contribution < -0.4 is 0 Å². The molecular weight excluding hydrogens is 361 g/mol. The van der Waals surface area contributed by atoms with Gasteiger partial charge >= 0.3 is 6.09 Å². The van der Waals surface area contributed by atoms with Gasteiger partial charge in [-0.25, -0.2) is 9.18 Å². The number of amides is 2. The van der Waals surface area contributed by atoms with Crippen LogP contribution in [-0.4, -0.2) is 64.5 Å². The maximum absolute atomic E-state index is 13.8. The second kappa shape index (κ2) is 7.35. The molecule has 1 aliphatic carbocycles. The van der Waals surface area contributed by atoms with Crippen molar-refractivity contribution < 1.29 is 19.1 Å². The Bertz CT molecular complexity index is 774. The molecule has 2 saturated heterocycles. The quantitative estimate of drug-likeness (QED) is 0.863. The van der Waals surface area contributed by atoms with Crippen molar-refractivity contribution in [1.29, 1.82) is 0 Å². The number of rotatable bonds is 3. The minimum Gasteiger partial charge on any atom is -0.465 e. The lowest BCUT2D eigenvalue weighted by molar-refractivity contribution is -0.139. The minimum absolute atomic E-state index is 0.199. The number of piperazine rings is 1. The molecule has 2 amide bonds. The zero-order valence-corrected chi connectivity index (χ0v) is 16.4. The molecule has 1 aromatic carbocycles. The van der Waals surface area contributed by atoms with Gasteiger partial charge in [-0.1, -0.05) is 6.07 Å². The van der Waals surface area contributed by atoms with E-state index in [1.54, 1.807) is 6.07 Å². The number of benzene rings is 1. The molecule has 2 aliphatic heterocycles. The van der Waals surface area contributed by atoms with Crippen LogP contribution in [0.5, 0.6) is 0 Å². The number of likely N-dealkylation sites (tertiary alicyclic amines) is 1. The smallest absolute Gasteiger partial charge is 0.409 e. The molecule has 152 valence electrons. The van der Waals surface area contributed by atoms with Crippen molar-refractivity contribution in [1.82, 2.24) is 14.7 Å². The number of hydrogen-bond acceptors (Lipinski definition) is 3. The van der Waals surface area contributed by atoms with Crippen LogP contribution in [0.3, 0.4) is 0 Å². The van der Waals surface area contributed by atoms with Gasteiger partial charge in [-0.3, -0.25) is 14.6 Å². The predicted molar refractivity (Wildman–Crippen MR) is 102 cm³/mol. The first-order valence-corrected chi connectivity index (χ1v) is 10.2. The van der Waals surface area contributed by atoms with Gasteiger partial charge in [-0.2, -0.15) is 0 Å². The van der Waals surface area contributed by atoms with Crippen molar-refractivity contribution in [2.75, 3.05) is 32.7 Å². The van der Waals surface area contributed by atoms with Gasteiger partial charge in [0.1, 0.15) is 11.5 Å². The Morgan fingerprint density at radius 2 is 1.82 bits per heavy atom. The molecule has 1 N–H and O–H groups in total. The van der Waals surface area contributed by atoms with Crippen molar-refractivity contribution >= 4 is 12.0 Å². The van der Waals surface area contributed by atoms with Crippen molar-refractivity contribution in [3.05, 3.63) is 35.1 Å². The average molecular weight is 389 g/mol. The van der Waals surface area contributed by atoms with Gasteiger partial charge in [0.25, 0.3) is 0 Å². The van der Waals surface area contributed by atoms with E-state index in [1.165, 1.54) is 17.0 Å². The fourth-order valence-corrected chi connectivity index (χ4v) is 4.96. The Balaban J connectivity index is 1.67. The molecular formula is C21H28FN3O3. The molecule has 7 heteroatoms. The van der Waals surface area contributed by atoms with Crippen molar-refractivity contribution in [2.24, 2.45) is 5.92 Å². The van der Waals surface area contributed by atoms with Gasteiger partial charge in [-0.05, 0) is 62.3 Å². The number of hydrogen-bond donors (Lipinski definition) is 1. The molecule has 1 saturated carbocycles. The highest BCUT2D eigenvalue weighted by Gasteiger charge is 2.49. The Morgan fingerprint density at radius 3 is 2.43 bits per heavy atom. The second-order valence-corrected chi connectivity index (χ2v) is 8.25. The van der Waals surface area contributed by atoms with Crippen LogP contribution in [0.25, 0.3) is 0 Å². The predicted octanol–water partition coefficient (Wildman–Crippen LogP) is 3.01. The summed E-state index contributed by atoms with van der Waals surface area (Å²) >= 11 is 0. The normalized spacial score (nSPS) is 26.4. The van der Waals surface area contributed by atoms with E-state index >= 15 is 0 Å². The molecule has 0 bridgehead atoms. The molecule has 1 aromatic rings. The van der Waals surface area contributed by atoms with Gasteiger partial charge < -0.3 is 10.0 Å². The summed E-state index contributed by atoms with van der Waals surface area (Å²) in [5.74, 6) is 0.129. The third-order valence-corrected chi connectivity index (χ3v) is 6.50. The zero-order valence-electron chi connectivity index (χ0n) is 16.4. The number of nitrogens with zero attached hydrogens (tertiary/aromatic N) is 3. The maximum Gasteiger partial charge on any atom is 0.409 e. The first kappa shape index (κ1) is 19.2. The molecule has 0 aromatic heterocycles. The number of carboxylic acid groups (broad SMARTS) is 1. The van der Waals surface area contributed by atoms with Crippen LogP contribution in [0.1, 0.15) is 43.2 Å². The zero-order chi connectivity index (χ0) is 19.9. The molecule has 4 rings (SSSR count). The summed E-state index contributed by atoms with van der Waals surface area (Å²) in [6.45, 7) is 4.79. The first-order chi connectivity index (χ1) is 13.4. The minimum atomic E-state index is -0.945. The molecule has 3 fully saturated rings. The van der Waals surface area contributed by atoms with E-state index in [0.29, 0.717) is 39.1 Å². The Kier molecular flexibility index (Phi) is 5.04. The van der Waals surface area contributed by atoms with E-state index in [0.717, 1.165) is 36.8 Å². The highest BCUT2D eigenvalue weighted by atomic mass is 19.1. The Hall–Kier alpha value is -2.15. The third kappa shape index (κ3) is 3.26. The number of halogens is 1. The first-order valence-electron chi connectivity index (χ1n) is 10.2. The van der Waals surface area contributed by atoms with Crippen LogP contribution in [0.15, 0.2) is 18.2 Å².